The Labute approximate surface area is 218 Å². The first-order valence-corrected chi connectivity index (χ1v) is 13.9. The van der Waals surface area contributed by atoms with Crippen LogP contribution in [0.3, 0.4) is 0 Å². The summed E-state index contributed by atoms with van der Waals surface area (Å²) in [5.74, 6) is 0.700. The van der Waals surface area contributed by atoms with Crippen LogP contribution in [0.1, 0.15) is 43.4 Å². The maximum Gasteiger partial charge on any atom is 0.230 e. The standard InChI is InChI=1S/C25H27Cl2N3O2S2/c1-16(31)18-3-5-19(6-4-18)23-14-33-25(29-23)34-15-24(32)28-20-8-10-30(11-9-20)13-17-2-7-21(26)22(27)12-17/h2-5,7,12,14,19-20H,6,8-11,13,15H2,1H3,(H,28,32). The van der Waals surface area contributed by atoms with Crippen molar-refractivity contribution >= 4 is 58.0 Å². The number of rotatable bonds is 8. The fraction of sp³-hybridized carbons (Fsp3) is 0.400. The Morgan fingerprint density at radius 3 is 2.71 bits per heavy atom. The van der Waals surface area contributed by atoms with E-state index in [2.05, 4.69) is 10.2 Å². The van der Waals surface area contributed by atoms with Gasteiger partial charge >= 0.3 is 0 Å². The summed E-state index contributed by atoms with van der Waals surface area (Å²) in [4.78, 5) is 31.0. The van der Waals surface area contributed by atoms with E-state index >= 15 is 0 Å². The smallest absolute Gasteiger partial charge is 0.230 e. The van der Waals surface area contributed by atoms with Gasteiger partial charge in [-0.15, -0.1) is 11.3 Å². The molecule has 1 aromatic carbocycles. The molecule has 1 amide bonds. The first-order valence-electron chi connectivity index (χ1n) is 11.3. The van der Waals surface area contributed by atoms with E-state index in [1.165, 1.54) is 11.8 Å². The van der Waals surface area contributed by atoms with Crippen LogP contribution in [-0.2, 0) is 16.1 Å². The molecule has 34 heavy (non-hydrogen) atoms. The fourth-order valence-electron chi connectivity index (χ4n) is 4.13. The van der Waals surface area contributed by atoms with Crippen molar-refractivity contribution in [2.45, 2.75) is 49.0 Å². The molecular formula is C25H27Cl2N3O2S2. The molecule has 1 N–H and O–H groups in total. The minimum Gasteiger partial charge on any atom is -0.353 e. The molecule has 2 aliphatic rings. The van der Waals surface area contributed by atoms with E-state index < -0.39 is 0 Å². The average Bonchev–Trinajstić information content (AvgIpc) is 3.31. The molecule has 1 unspecified atom stereocenters. The van der Waals surface area contributed by atoms with Crippen molar-refractivity contribution in [2.24, 2.45) is 0 Å². The van der Waals surface area contributed by atoms with Gasteiger partial charge in [0.15, 0.2) is 10.1 Å². The lowest BCUT2D eigenvalue weighted by Gasteiger charge is -2.32. The van der Waals surface area contributed by atoms with Crippen molar-refractivity contribution in [1.29, 1.82) is 0 Å². The molecule has 0 bridgehead atoms. The Kier molecular flexibility index (Phi) is 8.88. The third-order valence-electron chi connectivity index (χ3n) is 6.06. The molecule has 0 spiro atoms. The van der Waals surface area contributed by atoms with E-state index in [1.807, 2.05) is 41.8 Å². The Hall–Kier alpha value is -1.64. The number of benzene rings is 1. The molecule has 1 aliphatic carbocycles. The maximum absolute atomic E-state index is 12.5. The second-order valence-electron chi connectivity index (χ2n) is 8.61. The zero-order chi connectivity index (χ0) is 24.1. The Bertz CT molecular complexity index is 1110. The van der Waals surface area contributed by atoms with Gasteiger partial charge in [0.25, 0.3) is 0 Å². The second kappa shape index (κ2) is 11.9. The van der Waals surface area contributed by atoms with Crippen LogP contribution in [0.4, 0.5) is 0 Å². The first-order chi connectivity index (χ1) is 16.4. The zero-order valence-electron chi connectivity index (χ0n) is 18.9. The van der Waals surface area contributed by atoms with Gasteiger partial charge in [0.2, 0.25) is 5.91 Å². The number of nitrogens with one attached hydrogen (secondary N) is 1. The number of carbonyl (C=O) groups excluding carboxylic acids is 2. The number of hydrogen-bond acceptors (Lipinski definition) is 6. The van der Waals surface area contributed by atoms with Gasteiger partial charge in [-0.1, -0.05) is 59.3 Å². The second-order valence-corrected chi connectivity index (χ2v) is 11.5. The zero-order valence-corrected chi connectivity index (χ0v) is 22.1. The number of ketones is 1. The van der Waals surface area contributed by atoms with Crippen LogP contribution in [0.2, 0.25) is 10.0 Å². The highest BCUT2D eigenvalue weighted by Gasteiger charge is 2.21. The van der Waals surface area contributed by atoms with Crippen molar-refractivity contribution in [3.8, 4) is 0 Å². The predicted molar refractivity (Wildman–Crippen MR) is 141 cm³/mol. The molecule has 0 saturated carbocycles. The van der Waals surface area contributed by atoms with Crippen LogP contribution >= 0.6 is 46.3 Å². The maximum atomic E-state index is 12.5. The van der Waals surface area contributed by atoms with E-state index in [-0.39, 0.29) is 23.7 Å². The number of Topliss-reactive ketones (excluding diaryl/α,β-unsaturated/α-hetero) is 1. The quantitative estimate of drug-likeness (QED) is 0.427. The lowest BCUT2D eigenvalue weighted by molar-refractivity contribution is -0.119. The summed E-state index contributed by atoms with van der Waals surface area (Å²) < 4.78 is 0.899. The van der Waals surface area contributed by atoms with Crippen LogP contribution in [0.5, 0.6) is 0 Å². The van der Waals surface area contributed by atoms with Gasteiger partial charge in [0, 0.05) is 42.5 Å². The molecule has 1 atom stereocenters. The normalized spacial score (nSPS) is 19.1. The van der Waals surface area contributed by atoms with Crippen molar-refractivity contribution < 1.29 is 9.59 Å². The number of halogens is 2. The number of amides is 1. The van der Waals surface area contributed by atoms with Crippen LogP contribution in [-0.4, -0.2) is 46.5 Å². The number of piperidine rings is 1. The number of likely N-dealkylation sites (tertiary alicyclic amines) is 1. The molecule has 180 valence electrons. The van der Waals surface area contributed by atoms with Gasteiger partial charge in [-0.2, -0.15) is 0 Å². The number of carbonyl (C=O) groups is 2. The lowest BCUT2D eigenvalue weighted by atomic mass is 9.93. The van der Waals surface area contributed by atoms with Crippen molar-refractivity contribution in [1.82, 2.24) is 15.2 Å². The highest BCUT2D eigenvalue weighted by atomic mass is 35.5. The fourth-order valence-corrected chi connectivity index (χ4v) is 6.16. The molecule has 9 heteroatoms. The third kappa shape index (κ3) is 6.95. The molecule has 1 aromatic heterocycles. The predicted octanol–water partition coefficient (Wildman–Crippen LogP) is 5.88. The van der Waals surface area contributed by atoms with Crippen LogP contribution in [0, 0.1) is 0 Å². The van der Waals surface area contributed by atoms with E-state index in [4.69, 9.17) is 28.2 Å². The number of allylic oxidation sites excluding steroid dienone is 4. The molecule has 2 aromatic rings. The Morgan fingerprint density at radius 1 is 1.24 bits per heavy atom. The SMILES string of the molecule is CC(=O)C1=CCC(c2csc(SCC(=O)NC3CCN(Cc4ccc(Cl)c(Cl)c4)CC3)n2)C=C1. The summed E-state index contributed by atoms with van der Waals surface area (Å²) in [5, 5.41) is 6.38. The van der Waals surface area contributed by atoms with Gasteiger partial charge < -0.3 is 5.32 Å². The monoisotopic (exact) mass is 535 g/mol. The minimum absolute atomic E-state index is 0.0521. The van der Waals surface area contributed by atoms with E-state index in [0.717, 1.165) is 60.1 Å². The molecule has 2 heterocycles. The third-order valence-corrected chi connectivity index (χ3v) is 8.83. The summed E-state index contributed by atoms with van der Waals surface area (Å²) in [6, 6.07) is 5.97. The Morgan fingerprint density at radius 2 is 2.03 bits per heavy atom. The van der Waals surface area contributed by atoms with E-state index in [0.29, 0.717) is 15.8 Å². The van der Waals surface area contributed by atoms with Crippen molar-refractivity contribution in [2.75, 3.05) is 18.8 Å². The summed E-state index contributed by atoms with van der Waals surface area (Å²) in [6.45, 7) is 4.29. The number of thiazole rings is 1. The van der Waals surface area contributed by atoms with Gasteiger partial charge in [0.05, 0.1) is 21.5 Å². The molecule has 5 nitrogen and oxygen atoms in total. The van der Waals surface area contributed by atoms with Gasteiger partial charge in [0.1, 0.15) is 0 Å². The van der Waals surface area contributed by atoms with Crippen molar-refractivity contribution in [3.63, 3.8) is 0 Å². The number of nitrogens with zero attached hydrogens (tertiary/aromatic N) is 2. The first kappa shape index (κ1) is 25.5. The number of aromatic nitrogens is 1. The highest BCUT2D eigenvalue weighted by Crippen LogP contribution is 2.31. The summed E-state index contributed by atoms with van der Waals surface area (Å²) in [6.07, 6.45) is 8.55. The van der Waals surface area contributed by atoms with Gasteiger partial charge in [-0.05, 0) is 43.9 Å². The summed E-state index contributed by atoms with van der Waals surface area (Å²) in [7, 11) is 0. The molecular weight excluding hydrogens is 509 g/mol. The Balaban J connectivity index is 1.17. The largest absolute Gasteiger partial charge is 0.353 e. The summed E-state index contributed by atoms with van der Waals surface area (Å²) >= 11 is 15.2. The molecule has 0 radical (unpaired) electrons. The van der Waals surface area contributed by atoms with E-state index in [1.54, 1.807) is 18.3 Å². The molecule has 4 rings (SSSR count). The number of hydrogen-bond donors (Lipinski definition) is 1. The van der Waals surface area contributed by atoms with Crippen molar-refractivity contribution in [3.05, 3.63) is 68.7 Å². The number of thioether (sulfide) groups is 1. The summed E-state index contributed by atoms with van der Waals surface area (Å²) in [5.41, 5.74) is 2.91. The van der Waals surface area contributed by atoms with Crippen LogP contribution in [0.25, 0.3) is 0 Å². The molecule has 1 fully saturated rings. The highest BCUT2D eigenvalue weighted by molar-refractivity contribution is 8.01. The molecule has 1 saturated heterocycles. The molecule has 1 aliphatic heterocycles. The van der Waals surface area contributed by atoms with Crippen LogP contribution in [0.15, 0.2) is 51.7 Å². The minimum atomic E-state index is 0.0521. The van der Waals surface area contributed by atoms with Gasteiger partial charge in [-0.3, -0.25) is 14.5 Å². The topological polar surface area (TPSA) is 62.3 Å². The van der Waals surface area contributed by atoms with Crippen LogP contribution < -0.4 is 5.32 Å². The average molecular weight is 537 g/mol. The lowest BCUT2D eigenvalue weighted by Crippen LogP contribution is -2.44. The van der Waals surface area contributed by atoms with E-state index in [9.17, 15) is 9.59 Å². The van der Waals surface area contributed by atoms with Gasteiger partial charge in [-0.25, -0.2) is 4.98 Å².